The second-order valence-electron chi connectivity index (χ2n) is 6.00. The summed E-state index contributed by atoms with van der Waals surface area (Å²) in [5.41, 5.74) is 7.93. The lowest BCUT2D eigenvalue weighted by molar-refractivity contribution is 0.276. The molecule has 23 heavy (non-hydrogen) atoms. The van der Waals surface area contributed by atoms with E-state index in [4.69, 9.17) is 5.73 Å². The average Bonchev–Trinajstić information content (AvgIpc) is 2.47. The lowest BCUT2D eigenvalue weighted by Crippen LogP contribution is -2.22. The number of aliphatic hydroxyl groups is 1. The van der Waals surface area contributed by atoms with E-state index in [1.807, 2.05) is 6.07 Å². The molecule has 0 aliphatic heterocycles. The van der Waals surface area contributed by atoms with E-state index in [9.17, 15) is 5.11 Å². The first-order valence-electron chi connectivity index (χ1n) is 7.99. The molecule has 1 aromatic carbocycles. The first-order valence-corrected chi connectivity index (χ1v) is 7.99. The van der Waals surface area contributed by atoms with Crippen molar-refractivity contribution < 1.29 is 5.11 Å². The molecule has 0 bridgehead atoms. The molecule has 0 unspecified atom stereocenters. The first-order chi connectivity index (χ1) is 10.5. The Morgan fingerprint density at radius 3 is 2.57 bits per heavy atom. The molecule has 5 nitrogen and oxygen atoms in total. The van der Waals surface area contributed by atoms with Gasteiger partial charge in [-0.05, 0) is 36.5 Å². The van der Waals surface area contributed by atoms with Gasteiger partial charge in [-0.1, -0.05) is 33.3 Å². The van der Waals surface area contributed by atoms with Crippen LogP contribution < -0.4 is 11.1 Å². The molecule has 0 saturated carbocycles. The van der Waals surface area contributed by atoms with Crippen molar-refractivity contribution >= 4 is 36.2 Å². The van der Waals surface area contributed by atoms with Gasteiger partial charge in [-0.3, -0.25) is 0 Å². The van der Waals surface area contributed by atoms with Crippen LogP contribution in [-0.2, 0) is 0 Å². The molecule has 6 heteroatoms. The molecule has 4 N–H and O–H groups in total. The average molecular weight is 337 g/mol. The van der Waals surface area contributed by atoms with Crippen LogP contribution in [0, 0.1) is 0 Å². The number of nitrogens with zero attached hydrogens (tertiary/aromatic N) is 2. The van der Waals surface area contributed by atoms with E-state index in [0.29, 0.717) is 12.3 Å². The summed E-state index contributed by atoms with van der Waals surface area (Å²) >= 11 is 0. The molecule has 1 heterocycles. The number of hydrogen-bond acceptors (Lipinski definition) is 5. The van der Waals surface area contributed by atoms with E-state index in [1.54, 1.807) is 0 Å². The van der Waals surface area contributed by atoms with Gasteiger partial charge in [0, 0.05) is 18.0 Å². The van der Waals surface area contributed by atoms with Gasteiger partial charge in [0.25, 0.3) is 0 Å². The molecule has 1 atom stereocenters. The largest absolute Gasteiger partial charge is 0.396 e. The smallest absolute Gasteiger partial charge is 0.222 e. The molecule has 128 valence electrons. The Balaban J connectivity index is 0.00000264. The lowest BCUT2D eigenvalue weighted by Gasteiger charge is -2.19. The van der Waals surface area contributed by atoms with Gasteiger partial charge >= 0.3 is 0 Å². The van der Waals surface area contributed by atoms with Crippen molar-refractivity contribution in [1.29, 1.82) is 0 Å². The summed E-state index contributed by atoms with van der Waals surface area (Å²) in [6.45, 7) is 6.62. The normalized spacial score (nSPS) is 12.2. The number of aromatic nitrogens is 2. The maximum absolute atomic E-state index is 9.23. The van der Waals surface area contributed by atoms with Crippen molar-refractivity contribution in [3.05, 3.63) is 23.8 Å². The van der Waals surface area contributed by atoms with E-state index < -0.39 is 0 Å². The van der Waals surface area contributed by atoms with Gasteiger partial charge in [-0.2, -0.15) is 18.5 Å². The molecule has 0 saturated heterocycles. The summed E-state index contributed by atoms with van der Waals surface area (Å²) in [5, 5.41) is 13.7. The zero-order valence-electron chi connectivity index (χ0n) is 14.1. The minimum Gasteiger partial charge on any atom is -0.396 e. The highest BCUT2D eigenvalue weighted by Crippen LogP contribution is 2.27. The predicted molar refractivity (Wildman–Crippen MR) is 102 cm³/mol. The van der Waals surface area contributed by atoms with E-state index in [2.05, 4.69) is 48.2 Å². The van der Waals surface area contributed by atoms with Crippen LogP contribution >= 0.6 is 13.5 Å². The van der Waals surface area contributed by atoms with Crippen LogP contribution in [-0.4, -0.2) is 27.7 Å². The summed E-state index contributed by atoms with van der Waals surface area (Å²) in [5.74, 6) is 1.47. The molecule has 0 amide bonds. The fourth-order valence-electron chi connectivity index (χ4n) is 2.62. The summed E-state index contributed by atoms with van der Waals surface area (Å²) in [7, 11) is 0. The molecule has 0 spiro atoms. The minimum atomic E-state index is 0. The van der Waals surface area contributed by atoms with Gasteiger partial charge < -0.3 is 16.2 Å². The second-order valence-corrected chi connectivity index (χ2v) is 6.00. The van der Waals surface area contributed by atoms with Crippen molar-refractivity contribution in [3.8, 4) is 0 Å². The number of benzene rings is 1. The standard InChI is InChI=1S/C17H26N4O.H2S/c1-4-5-13(8-9-22)19-16-14-10-12(11(2)3)6-7-15(14)20-17(18)21-16;/h6-7,10-11,13,22H,4-5,8-9H2,1-3H3,(H3,18,19,20,21);1H2/t13-;/m0./s1. The zero-order chi connectivity index (χ0) is 16.1. The Labute approximate surface area is 145 Å². The van der Waals surface area contributed by atoms with E-state index >= 15 is 0 Å². The summed E-state index contributed by atoms with van der Waals surface area (Å²) in [4.78, 5) is 8.69. The fourth-order valence-corrected chi connectivity index (χ4v) is 2.62. The van der Waals surface area contributed by atoms with E-state index in [1.165, 1.54) is 5.56 Å². The lowest BCUT2D eigenvalue weighted by atomic mass is 10.0. The van der Waals surface area contributed by atoms with Crippen LogP contribution in [0.3, 0.4) is 0 Å². The quantitative estimate of drug-likeness (QED) is 0.721. The maximum Gasteiger partial charge on any atom is 0.222 e. The molecule has 0 aliphatic rings. The first kappa shape index (κ1) is 19.5. The Hall–Kier alpha value is -1.53. The van der Waals surface area contributed by atoms with Gasteiger partial charge in [0.2, 0.25) is 5.95 Å². The highest BCUT2D eigenvalue weighted by Gasteiger charge is 2.13. The third kappa shape index (κ3) is 4.97. The minimum absolute atomic E-state index is 0. The number of nitrogen functional groups attached to an aromatic ring is 1. The SMILES string of the molecule is CCC[C@@H](CCO)Nc1nc(N)nc2ccc(C(C)C)cc12.S. The number of hydrogen-bond donors (Lipinski definition) is 3. The van der Waals surface area contributed by atoms with Crippen molar-refractivity contribution in [1.82, 2.24) is 9.97 Å². The number of fused-ring (bicyclic) bond motifs is 1. The molecular weight excluding hydrogens is 308 g/mol. The van der Waals surface area contributed by atoms with Gasteiger partial charge in [0.1, 0.15) is 5.82 Å². The monoisotopic (exact) mass is 336 g/mol. The maximum atomic E-state index is 9.23. The third-order valence-corrected chi connectivity index (χ3v) is 3.86. The number of nitrogens with one attached hydrogen (secondary N) is 1. The number of rotatable bonds is 7. The van der Waals surface area contributed by atoms with Crippen molar-refractivity contribution in [2.45, 2.75) is 52.0 Å². The number of anilines is 2. The molecule has 2 aromatic rings. The summed E-state index contributed by atoms with van der Waals surface area (Å²) < 4.78 is 0. The fraction of sp³-hybridized carbons (Fsp3) is 0.529. The van der Waals surface area contributed by atoms with Crippen molar-refractivity contribution in [2.75, 3.05) is 17.7 Å². The van der Waals surface area contributed by atoms with Crippen LogP contribution in [0.2, 0.25) is 0 Å². The third-order valence-electron chi connectivity index (χ3n) is 3.86. The summed E-state index contributed by atoms with van der Waals surface area (Å²) in [6, 6.07) is 6.40. The zero-order valence-corrected chi connectivity index (χ0v) is 15.1. The highest BCUT2D eigenvalue weighted by atomic mass is 32.1. The van der Waals surface area contributed by atoms with Crippen LogP contribution in [0.25, 0.3) is 10.9 Å². The molecule has 0 aliphatic carbocycles. The molecular formula is C17H28N4OS. The topological polar surface area (TPSA) is 84.1 Å². The Morgan fingerprint density at radius 1 is 1.22 bits per heavy atom. The molecule has 2 rings (SSSR count). The Kier molecular flexibility index (Phi) is 7.58. The van der Waals surface area contributed by atoms with Crippen molar-refractivity contribution in [2.24, 2.45) is 0 Å². The van der Waals surface area contributed by atoms with Crippen LogP contribution in [0.4, 0.5) is 11.8 Å². The van der Waals surface area contributed by atoms with E-state index in [0.717, 1.165) is 29.6 Å². The number of aliphatic hydroxyl groups excluding tert-OH is 1. The molecule has 1 aromatic heterocycles. The highest BCUT2D eigenvalue weighted by molar-refractivity contribution is 7.59. The molecule has 0 fully saturated rings. The summed E-state index contributed by atoms with van der Waals surface area (Å²) in [6.07, 6.45) is 2.73. The van der Waals surface area contributed by atoms with Gasteiger partial charge in [-0.25, -0.2) is 4.98 Å². The molecule has 0 radical (unpaired) electrons. The van der Waals surface area contributed by atoms with Gasteiger partial charge in [-0.15, -0.1) is 0 Å². The predicted octanol–water partition coefficient (Wildman–Crippen LogP) is 3.41. The van der Waals surface area contributed by atoms with E-state index in [-0.39, 0.29) is 32.1 Å². The van der Waals surface area contributed by atoms with Gasteiger partial charge in [0.15, 0.2) is 0 Å². The van der Waals surface area contributed by atoms with Crippen LogP contribution in [0.15, 0.2) is 18.2 Å². The van der Waals surface area contributed by atoms with Crippen LogP contribution in [0.5, 0.6) is 0 Å². The Bertz CT molecular complexity index is 627. The second kappa shape index (κ2) is 8.93. The van der Waals surface area contributed by atoms with Gasteiger partial charge in [0.05, 0.1) is 5.52 Å². The van der Waals surface area contributed by atoms with Crippen LogP contribution in [0.1, 0.15) is 51.5 Å². The van der Waals surface area contributed by atoms with Crippen molar-refractivity contribution in [3.63, 3.8) is 0 Å². The Morgan fingerprint density at radius 2 is 1.96 bits per heavy atom. The number of nitrogens with two attached hydrogens (primary N) is 1.